The van der Waals surface area contributed by atoms with Crippen molar-refractivity contribution < 1.29 is 14.3 Å². The maximum atomic E-state index is 12.8. The van der Waals surface area contributed by atoms with E-state index in [0.29, 0.717) is 17.9 Å². The fraction of sp³-hybridized carbons (Fsp3) is 0.515. The SMILES string of the molecule is CCCCCCCCCCCCOc1ccc(CC(=O)Nc2cccc(CN3C=C(C)SC3)c2)cc1C(C)=O. The van der Waals surface area contributed by atoms with E-state index in [9.17, 15) is 9.59 Å². The average Bonchev–Trinajstić information content (AvgIpc) is 3.32. The lowest BCUT2D eigenvalue weighted by Gasteiger charge is -2.15. The zero-order chi connectivity index (χ0) is 27.9. The van der Waals surface area contributed by atoms with Gasteiger partial charge in [0.15, 0.2) is 5.78 Å². The Balaban J connectivity index is 1.42. The zero-order valence-electron chi connectivity index (χ0n) is 24.1. The van der Waals surface area contributed by atoms with Crippen molar-refractivity contribution in [3.8, 4) is 5.75 Å². The molecule has 6 heteroatoms. The first-order chi connectivity index (χ1) is 18.9. The summed E-state index contributed by atoms with van der Waals surface area (Å²) in [7, 11) is 0. The van der Waals surface area contributed by atoms with Crippen LogP contribution < -0.4 is 10.1 Å². The normalized spacial score (nSPS) is 12.9. The summed E-state index contributed by atoms with van der Waals surface area (Å²) < 4.78 is 5.97. The highest BCUT2D eigenvalue weighted by molar-refractivity contribution is 8.03. The van der Waals surface area contributed by atoms with Gasteiger partial charge < -0.3 is 15.0 Å². The largest absolute Gasteiger partial charge is 0.493 e. The Morgan fingerprint density at radius 2 is 1.64 bits per heavy atom. The number of hydrogen-bond donors (Lipinski definition) is 1. The zero-order valence-corrected chi connectivity index (χ0v) is 24.9. The number of anilines is 1. The lowest BCUT2D eigenvalue weighted by atomic mass is 10.0. The number of carbonyl (C=O) groups excluding carboxylic acids is 2. The van der Waals surface area contributed by atoms with Gasteiger partial charge >= 0.3 is 0 Å². The molecule has 39 heavy (non-hydrogen) atoms. The summed E-state index contributed by atoms with van der Waals surface area (Å²) in [6.07, 6.45) is 15.1. The van der Waals surface area contributed by atoms with E-state index in [1.54, 1.807) is 13.0 Å². The molecule has 1 aliphatic rings. The fourth-order valence-electron chi connectivity index (χ4n) is 4.84. The molecule has 1 amide bonds. The molecule has 0 fully saturated rings. The van der Waals surface area contributed by atoms with Gasteiger partial charge in [0.2, 0.25) is 5.91 Å². The molecule has 2 aromatic rings. The molecular weight excluding hydrogens is 504 g/mol. The van der Waals surface area contributed by atoms with Crippen molar-refractivity contribution >= 4 is 29.1 Å². The molecule has 5 nitrogen and oxygen atoms in total. The standard InChI is InChI=1S/C33H46N2O3S/c1-4-5-6-7-8-9-10-11-12-13-19-38-32-18-17-28(21-31(32)27(3)36)22-33(37)34-30-16-14-15-29(20-30)24-35-23-26(2)39-25-35/h14-18,20-21,23H,4-13,19,22,24-25H2,1-3H3,(H,34,37). The van der Waals surface area contributed by atoms with Gasteiger partial charge in [0, 0.05) is 18.4 Å². The topological polar surface area (TPSA) is 58.6 Å². The van der Waals surface area contributed by atoms with E-state index >= 15 is 0 Å². The van der Waals surface area contributed by atoms with Crippen molar-refractivity contribution in [2.45, 2.75) is 97.9 Å². The van der Waals surface area contributed by atoms with E-state index < -0.39 is 0 Å². The Kier molecular flexibility index (Phi) is 13.5. The Morgan fingerprint density at radius 1 is 0.923 bits per heavy atom. The summed E-state index contributed by atoms with van der Waals surface area (Å²) in [6, 6.07) is 13.5. The molecule has 1 N–H and O–H groups in total. The number of carbonyl (C=O) groups is 2. The second kappa shape index (κ2) is 17.1. The summed E-state index contributed by atoms with van der Waals surface area (Å²) in [6.45, 7) is 7.35. The van der Waals surface area contributed by atoms with E-state index in [1.807, 2.05) is 42.1 Å². The van der Waals surface area contributed by atoms with Gasteiger partial charge in [-0.15, -0.1) is 11.8 Å². The molecule has 212 valence electrons. The van der Waals surface area contributed by atoms with Crippen molar-refractivity contribution in [3.63, 3.8) is 0 Å². The number of nitrogens with one attached hydrogen (secondary N) is 1. The molecule has 1 heterocycles. The molecule has 0 saturated carbocycles. The number of nitrogens with zero attached hydrogens (tertiary/aromatic N) is 1. The average molecular weight is 551 g/mol. The van der Waals surface area contributed by atoms with Crippen molar-refractivity contribution in [2.24, 2.45) is 0 Å². The quantitative estimate of drug-likeness (QED) is 0.149. The van der Waals surface area contributed by atoms with Gasteiger partial charge in [-0.3, -0.25) is 9.59 Å². The van der Waals surface area contributed by atoms with Crippen LogP contribution in [0.25, 0.3) is 0 Å². The predicted octanol–water partition coefficient (Wildman–Crippen LogP) is 8.74. The van der Waals surface area contributed by atoms with E-state index in [2.05, 4.69) is 36.3 Å². The number of unbranched alkanes of at least 4 members (excludes halogenated alkanes) is 9. The van der Waals surface area contributed by atoms with E-state index in [0.717, 1.165) is 42.1 Å². The highest BCUT2D eigenvalue weighted by Gasteiger charge is 2.13. The molecular formula is C33H46N2O3S. The third kappa shape index (κ3) is 11.5. The van der Waals surface area contributed by atoms with Crippen LogP contribution in [-0.2, 0) is 17.8 Å². The van der Waals surface area contributed by atoms with Gasteiger partial charge in [0.1, 0.15) is 5.75 Å². The minimum atomic E-state index is -0.104. The summed E-state index contributed by atoms with van der Waals surface area (Å²) in [5, 5.41) is 3.01. The number of benzene rings is 2. The number of allylic oxidation sites excluding steroid dienone is 1. The highest BCUT2D eigenvalue weighted by Crippen LogP contribution is 2.26. The predicted molar refractivity (Wildman–Crippen MR) is 164 cm³/mol. The number of amides is 1. The molecule has 3 rings (SSSR count). The van der Waals surface area contributed by atoms with Gasteiger partial charge in [-0.25, -0.2) is 0 Å². The monoisotopic (exact) mass is 550 g/mol. The van der Waals surface area contributed by atoms with Gasteiger partial charge in [0.25, 0.3) is 0 Å². The molecule has 0 unspecified atom stereocenters. The second-order valence-electron chi connectivity index (χ2n) is 10.6. The van der Waals surface area contributed by atoms with Crippen LogP contribution in [0, 0.1) is 0 Å². The molecule has 0 bridgehead atoms. The maximum absolute atomic E-state index is 12.8. The third-order valence-electron chi connectivity index (χ3n) is 6.96. The first-order valence-corrected chi connectivity index (χ1v) is 15.6. The Morgan fingerprint density at radius 3 is 2.31 bits per heavy atom. The van der Waals surface area contributed by atoms with Crippen LogP contribution in [-0.4, -0.2) is 29.1 Å². The Bertz CT molecular complexity index is 1100. The van der Waals surface area contributed by atoms with E-state index in [4.69, 9.17) is 4.74 Å². The lowest BCUT2D eigenvalue weighted by Crippen LogP contribution is -2.16. The first-order valence-electron chi connectivity index (χ1n) is 14.7. The minimum absolute atomic E-state index is 0.0487. The lowest BCUT2D eigenvalue weighted by molar-refractivity contribution is -0.115. The molecule has 0 aromatic heterocycles. The molecule has 0 atom stereocenters. The van der Waals surface area contributed by atoms with Gasteiger partial charge in [-0.05, 0) is 60.6 Å². The fourth-order valence-corrected chi connectivity index (χ4v) is 5.60. The van der Waals surface area contributed by atoms with Crippen molar-refractivity contribution in [1.82, 2.24) is 4.90 Å². The molecule has 0 spiro atoms. The Labute approximate surface area is 239 Å². The van der Waals surface area contributed by atoms with Gasteiger partial charge in [-0.2, -0.15) is 0 Å². The van der Waals surface area contributed by atoms with Crippen LogP contribution in [0.5, 0.6) is 5.75 Å². The smallest absolute Gasteiger partial charge is 0.228 e. The second-order valence-corrected chi connectivity index (χ2v) is 11.8. The number of hydrogen-bond acceptors (Lipinski definition) is 5. The van der Waals surface area contributed by atoms with Crippen molar-refractivity contribution in [2.75, 3.05) is 17.8 Å². The summed E-state index contributed by atoms with van der Waals surface area (Å²) >= 11 is 1.84. The highest BCUT2D eigenvalue weighted by atomic mass is 32.2. The minimum Gasteiger partial charge on any atom is -0.493 e. The summed E-state index contributed by atoms with van der Waals surface area (Å²) in [4.78, 5) is 28.7. The van der Waals surface area contributed by atoms with Crippen molar-refractivity contribution in [3.05, 3.63) is 70.3 Å². The molecule has 0 saturated heterocycles. The number of thioether (sulfide) groups is 1. The van der Waals surface area contributed by atoms with Crippen LogP contribution >= 0.6 is 11.8 Å². The van der Waals surface area contributed by atoms with E-state index in [1.165, 1.54) is 56.3 Å². The van der Waals surface area contributed by atoms with Crippen LogP contribution in [0.4, 0.5) is 5.69 Å². The van der Waals surface area contributed by atoms with Gasteiger partial charge in [-0.1, -0.05) is 82.9 Å². The first kappa shape index (κ1) is 30.8. The molecule has 2 aromatic carbocycles. The maximum Gasteiger partial charge on any atom is 0.228 e. The van der Waals surface area contributed by atoms with E-state index in [-0.39, 0.29) is 18.1 Å². The Hall–Kier alpha value is -2.73. The number of rotatable bonds is 18. The molecule has 0 aliphatic carbocycles. The molecule has 0 radical (unpaired) electrons. The van der Waals surface area contributed by atoms with Crippen molar-refractivity contribution in [1.29, 1.82) is 0 Å². The third-order valence-corrected chi connectivity index (χ3v) is 7.98. The summed E-state index contributed by atoms with van der Waals surface area (Å²) in [5.74, 6) is 1.42. The van der Waals surface area contributed by atoms with Crippen LogP contribution in [0.1, 0.15) is 106 Å². The molecule has 1 aliphatic heterocycles. The van der Waals surface area contributed by atoms with Gasteiger partial charge in [0.05, 0.1) is 24.5 Å². The van der Waals surface area contributed by atoms with Crippen LogP contribution in [0.2, 0.25) is 0 Å². The van der Waals surface area contributed by atoms with Crippen LogP contribution in [0.3, 0.4) is 0 Å². The number of Topliss-reactive ketones (excluding diaryl/α,β-unsaturated/α-hetero) is 1. The number of ether oxygens (including phenoxy) is 1. The van der Waals surface area contributed by atoms with Crippen LogP contribution in [0.15, 0.2) is 53.6 Å². The summed E-state index contributed by atoms with van der Waals surface area (Å²) in [5.41, 5.74) is 3.28. The number of ketones is 1.